The third-order valence-electron chi connectivity index (χ3n) is 5.84. The molecule has 0 radical (unpaired) electrons. The van der Waals surface area contributed by atoms with E-state index in [1.54, 1.807) is 16.8 Å². The van der Waals surface area contributed by atoms with Gasteiger partial charge in [-0.25, -0.2) is 9.59 Å². The molecule has 2 heterocycles. The predicted octanol–water partition coefficient (Wildman–Crippen LogP) is 3.48. The first kappa shape index (κ1) is 23.2. The summed E-state index contributed by atoms with van der Waals surface area (Å²) in [7, 11) is 1.66. The maximum atomic E-state index is 13.0. The summed E-state index contributed by atoms with van der Waals surface area (Å²) in [6.07, 6.45) is 0.797. The lowest BCUT2D eigenvalue weighted by molar-refractivity contribution is 0.163. The molecule has 8 heteroatoms. The Balaban J connectivity index is 2.33. The Labute approximate surface area is 175 Å². The molecule has 2 aliphatic rings. The largest absolute Gasteiger partial charge is 0.326 e. The smallest absolute Gasteiger partial charge is 0.312 e. The number of carbonyl (C=O) groups excluding carboxylic acids is 2. The Morgan fingerprint density at radius 3 is 2.00 bits per heavy atom. The number of rotatable bonds is 7. The highest BCUT2D eigenvalue weighted by molar-refractivity contribution is 6.07. The van der Waals surface area contributed by atoms with E-state index in [0.717, 1.165) is 12.3 Å². The van der Waals surface area contributed by atoms with Crippen LogP contribution in [0.25, 0.3) is 0 Å². The Kier molecular flexibility index (Phi) is 6.96. The first-order chi connectivity index (χ1) is 13.4. The number of likely N-dealkylation sites (N-methyl/N-ethyl adjacent to an activating group) is 1. The van der Waals surface area contributed by atoms with Gasteiger partial charge < -0.3 is 9.80 Å². The fourth-order valence-electron chi connectivity index (χ4n) is 4.41. The van der Waals surface area contributed by atoms with Gasteiger partial charge in [0.05, 0.1) is 24.7 Å². The SMILES string of the molecule is CCC1/C(=N/CC(C)N2C(=O)N(C)C(=N)C2C(C)C)N(C(C)C)C(=O)N1C(C)C. The fourth-order valence-corrected chi connectivity index (χ4v) is 4.41. The highest BCUT2D eigenvalue weighted by Crippen LogP contribution is 2.28. The zero-order valence-corrected chi connectivity index (χ0v) is 19.4. The van der Waals surface area contributed by atoms with Gasteiger partial charge in [0.15, 0.2) is 0 Å². The Morgan fingerprint density at radius 1 is 0.966 bits per heavy atom. The molecule has 0 aromatic rings. The van der Waals surface area contributed by atoms with Crippen molar-refractivity contribution in [1.82, 2.24) is 19.6 Å². The zero-order chi connectivity index (χ0) is 22.2. The summed E-state index contributed by atoms with van der Waals surface area (Å²) >= 11 is 0. The zero-order valence-electron chi connectivity index (χ0n) is 19.4. The lowest BCUT2D eigenvalue weighted by Crippen LogP contribution is -2.46. The molecule has 2 saturated heterocycles. The Bertz CT molecular complexity index is 687. The maximum absolute atomic E-state index is 13.0. The van der Waals surface area contributed by atoms with Crippen LogP contribution in [0.1, 0.15) is 61.8 Å². The molecular weight excluding hydrogens is 368 g/mol. The monoisotopic (exact) mass is 406 g/mol. The number of nitrogens with zero attached hydrogens (tertiary/aromatic N) is 5. The van der Waals surface area contributed by atoms with Crippen LogP contribution in [0.15, 0.2) is 4.99 Å². The van der Waals surface area contributed by atoms with E-state index in [9.17, 15) is 9.59 Å². The van der Waals surface area contributed by atoms with E-state index in [4.69, 9.17) is 10.4 Å². The number of hydrogen-bond donors (Lipinski definition) is 1. The van der Waals surface area contributed by atoms with Gasteiger partial charge in [0, 0.05) is 19.1 Å². The molecule has 8 nitrogen and oxygen atoms in total. The number of nitrogens with one attached hydrogen (secondary N) is 1. The molecule has 2 aliphatic heterocycles. The summed E-state index contributed by atoms with van der Waals surface area (Å²) in [4.78, 5) is 37.5. The van der Waals surface area contributed by atoms with Crippen molar-refractivity contribution in [2.45, 2.75) is 92.0 Å². The molecule has 0 aromatic heterocycles. The molecule has 0 saturated carbocycles. The van der Waals surface area contributed by atoms with Crippen LogP contribution >= 0.6 is 0 Å². The molecule has 1 N–H and O–H groups in total. The number of carbonyl (C=O) groups is 2. The summed E-state index contributed by atoms with van der Waals surface area (Å²) in [6, 6.07) is -0.490. The van der Waals surface area contributed by atoms with Crippen molar-refractivity contribution in [1.29, 1.82) is 5.41 Å². The summed E-state index contributed by atoms with van der Waals surface area (Å²) < 4.78 is 0. The van der Waals surface area contributed by atoms with E-state index < -0.39 is 0 Å². The number of amidine groups is 2. The third-order valence-corrected chi connectivity index (χ3v) is 5.84. The van der Waals surface area contributed by atoms with Crippen LogP contribution in [-0.2, 0) is 0 Å². The van der Waals surface area contributed by atoms with E-state index in [-0.39, 0.29) is 48.2 Å². The highest BCUT2D eigenvalue weighted by Gasteiger charge is 2.46. The van der Waals surface area contributed by atoms with Gasteiger partial charge in [0.1, 0.15) is 11.7 Å². The van der Waals surface area contributed by atoms with Crippen LogP contribution in [0.2, 0.25) is 0 Å². The molecule has 0 bridgehead atoms. The van der Waals surface area contributed by atoms with Crippen molar-refractivity contribution in [3.8, 4) is 0 Å². The predicted molar refractivity (Wildman–Crippen MR) is 117 cm³/mol. The van der Waals surface area contributed by atoms with E-state index in [1.165, 1.54) is 4.90 Å². The van der Waals surface area contributed by atoms with E-state index >= 15 is 0 Å². The summed E-state index contributed by atoms with van der Waals surface area (Å²) in [5.41, 5.74) is 0. The Hall–Kier alpha value is -2.12. The van der Waals surface area contributed by atoms with Crippen LogP contribution in [0.3, 0.4) is 0 Å². The second kappa shape index (κ2) is 8.71. The second-order valence-electron chi connectivity index (χ2n) is 9.04. The van der Waals surface area contributed by atoms with Gasteiger partial charge in [-0.3, -0.25) is 20.2 Å². The van der Waals surface area contributed by atoms with Gasteiger partial charge in [-0.15, -0.1) is 0 Å². The maximum Gasteiger partial charge on any atom is 0.326 e. The average molecular weight is 407 g/mol. The number of aliphatic imine (C=N–C) groups is 1. The minimum absolute atomic E-state index is 0.00655. The van der Waals surface area contributed by atoms with Gasteiger partial charge in [-0.05, 0) is 47.0 Å². The van der Waals surface area contributed by atoms with Crippen molar-refractivity contribution in [2.24, 2.45) is 10.9 Å². The van der Waals surface area contributed by atoms with Crippen molar-refractivity contribution < 1.29 is 9.59 Å². The standard InChI is InChI=1S/C21H38N6O2/c1-10-16-19(26(14(6)7)21(29)25(16)13(4)5)23-11-15(8)27-17(12(2)3)18(22)24(9)20(27)28/h12-17,22H,10-11H2,1-9H3/b22-18?,23-19-. The molecule has 0 aromatic carbocycles. The lowest BCUT2D eigenvalue weighted by atomic mass is 10.0. The molecule has 3 unspecified atom stereocenters. The van der Waals surface area contributed by atoms with Gasteiger partial charge in [0.25, 0.3) is 0 Å². The highest BCUT2D eigenvalue weighted by atomic mass is 16.2. The Morgan fingerprint density at radius 2 is 1.55 bits per heavy atom. The average Bonchev–Trinajstić information content (AvgIpc) is 3.04. The number of amides is 4. The fraction of sp³-hybridized carbons (Fsp3) is 0.810. The van der Waals surface area contributed by atoms with Crippen molar-refractivity contribution in [3.63, 3.8) is 0 Å². The molecular formula is C21H38N6O2. The molecule has 0 spiro atoms. The van der Waals surface area contributed by atoms with Gasteiger partial charge in [-0.1, -0.05) is 20.8 Å². The van der Waals surface area contributed by atoms with Crippen LogP contribution in [0.4, 0.5) is 9.59 Å². The van der Waals surface area contributed by atoms with Gasteiger partial charge in [-0.2, -0.15) is 0 Å². The van der Waals surface area contributed by atoms with Crippen molar-refractivity contribution in [3.05, 3.63) is 0 Å². The minimum atomic E-state index is -0.247. The third kappa shape index (κ3) is 3.98. The first-order valence-electron chi connectivity index (χ1n) is 10.8. The first-order valence-corrected chi connectivity index (χ1v) is 10.8. The van der Waals surface area contributed by atoms with E-state index in [2.05, 4.69) is 6.92 Å². The van der Waals surface area contributed by atoms with E-state index in [1.807, 2.05) is 53.4 Å². The molecule has 0 aliphatic carbocycles. The minimum Gasteiger partial charge on any atom is -0.312 e. The molecule has 2 rings (SSSR count). The van der Waals surface area contributed by atoms with Gasteiger partial charge >= 0.3 is 12.1 Å². The second-order valence-corrected chi connectivity index (χ2v) is 9.04. The summed E-state index contributed by atoms with van der Waals surface area (Å²) in [5, 5.41) is 8.31. The topological polar surface area (TPSA) is 83.3 Å². The molecule has 164 valence electrons. The van der Waals surface area contributed by atoms with Crippen LogP contribution < -0.4 is 0 Å². The molecule has 4 amide bonds. The van der Waals surface area contributed by atoms with E-state index in [0.29, 0.717) is 12.4 Å². The quantitative estimate of drug-likeness (QED) is 0.702. The number of urea groups is 2. The summed E-state index contributed by atoms with van der Waals surface area (Å²) in [6.45, 7) is 16.6. The van der Waals surface area contributed by atoms with Crippen LogP contribution in [0.5, 0.6) is 0 Å². The normalized spacial score (nSPS) is 25.8. The lowest BCUT2D eigenvalue weighted by Gasteiger charge is -2.31. The van der Waals surface area contributed by atoms with Crippen LogP contribution in [-0.4, -0.2) is 87.1 Å². The van der Waals surface area contributed by atoms with Gasteiger partial charge in [0.2, 0.25) is 0 Å². The van der Waals surface area contributed by atoms with Crippen molar-refractivity contribution >= 4 is 23.7 Å². The number of hydrogen-bond acceptors (Lipinski definition) is 4. The molecule has 2 fully saturated rings. The van der Waals surface area contributed by atoms with Crippen molar-refractivity contribution in [2.75, 3.05) is 13.6 Å². The summed E-state index contributed by atoms with van der Waals surface area (Å²) in [5.74, 6) is 1.28. The van der Waals surface area contributed by atoms with Crippen LogP contribution in [0, 0.1) is 11.3 Å². The molecule has 29 heavy (non-hydrogen) atoms. The molecule has 3 atom stereocenters.